The number of carbonyl (C=O) groups excluding carboxylic acids is 1. The summed E-state index contributed by atoms with van der Waals surface area (Å²) in [6.07, 6.45) is -5.39. The minimum absolute atomic E-state index is 0.0603. The highest BCUT2D eigenvalue weighted by Gasteiger charge is 2.38. The zero-order valence-electron chi connectivity index (χ0n) is 20.1. The van der Waals surface area contributed by atoms with E-state index in [1.807, 2.05) is 0 Å². The fraction of sp³-hybridized carbons (Fsp3) is 0.308. The Bertz CT molecular complexity index is 1520. The number of carbonyl (C=O) groups is 1. The molecule has 0 bridgehead atoms. The predicted molar refractivity (Wildman–Crippen MR) is 128 cm³/mol. The molecule has 200 valence electrons. The van der Waals surface area contributed by atoms with Crippen LogP contribution in [0.25, 0.3) is 11.1 Å². The second kappa shape index (κ2) is 9.64. The van der Waals surface area contributed by atoms with E-state index in [1.165, 1.54) is 19.1 Å². The van der Waals surface area contributed by atoms with Crippen molar-refractivity contribution >= 4 is 17.7 Å². The van der Waals surface area contributed by atoms with E-state index in [9.17, 15) is 27.2 Å². The summed E-state index contributed by atoms with van der Waals surface area (Å²) in [4.78, 5) is 26.3. The zero-order valence-corrected chi connectivity index (χ0v) is 20.9. The number of methoxy groups -OCH3 is 1. The van der Waals surface area contributed by atoms with Crippen LogP contribution in [0.2, 0.25) is 0 Å². The monoisotopic (exact) mass is 553 g/mol. The van der Waals surface area contributed by atoms with Crippen LogP contribution in [0.1, 0.15) is 28.3 Å². The van der Waals surface area contributed by atoms with E-state index in [0.717, 1.165) is 41.6 Å². The molecule has 0 saturated heterocycles. The smallest absolute Gasteiger partial charge is 0.416 e. The molecule has 6 nitrogen and oxygen atoms in total. The number of hydrogen-bond acceptors (Lipinski definition) is 6. The van der Waals surface area contributed by atoms with E-state index < -0.39 is 52.9 Å². The fourth-order valence-corrected chi connectivity index (χ4v) is 6.14. The average molecular weight is 554 g/mol. The van der Waals surface area contributed by atoms with Gasteiger partial charge in [0.2, 0.25) is 0 Å². The van der Waals surface area contributed by atoms with Gasteiger partial charge in [-0.15, -0.1) is 11.8 Å². The largest absolute Gasteiger partial charge is 0.486 e. The van der Waals surface area contributed by atoms with Crippen molar-refractivity contribution in [1.82, 2.24) is 4.57 Å². The van der Waals surface area contributed by atoms with Gasteiger partial charge in [0.15, 0.2) is 17.3 Å². The number of benzene rings is 2. The van der Waals surface area contributed by atoms with Crippen LogP contribution >= 0.6 is 11.8 Å². The molecule has 1 atom stereocenters. The Balaban J connectivity index is 1.79. The highest BCUT2D eigenvalue weighted by Crippen LogP contribution is 2.44. The number of nitrogens with zero attached hydrogens (tertiary/aromatic N) is 1. The van der Waals surface area contributed by atoms with Gasteiger partial charge in [0, 0.05) is 23.3 Å². The Morgan fingerprint density at radius 3 is 2.58 bits per heavy atom. The molecule has 0 amide bonds. The van der Waals surface area contributed by atoms with Crippen LogP contribution in [0.15, 0.2) is 40.2 Å². The van der Waals surface area contributed by atoms with Crippen LogP contribution < -0.4 is 15.0 Å². The third-order valence-corrected chi connectivity index (χ3v) is 7.79. The van der Waals surface area contributed by atoms with Gasteiger partial charge in [-0.1, -0.05) is 6.07 Å². The summed E-state index contributed by atoms with van der Waals surface area (Å²) < 4.78 is 88.5. The number of thioether (sulfide) groups is 1. The number of ether oxygens (including phenoxy) is 3. The Labute approximate surface area is 217 Å². The molecule has 3 heterocycles. The summed E-state index contributed by atoms with van der Waals surface area (Å²) in [6.45, 7) is 1.75. The number of pyridine rings is 1. The van der Waals surface area contributed by atoms with Gasteiger partial charge in [0.25, 0.3) is 5.56 Å². The summed E-state index contributed by atoms with van der Waals surface area (Å²) >= 11 is 1.06. The van der Waals surface area contributed by atoms with E-state index in [2.05, 4.69) is 0 Å². The molecule has 12 heteroatoms. The topological polar surface area (TPSA) is 66.8 Å². The lowest BCUT2D eigenvalue weighted by Crippen LogP contribution is -2.32. The minimum atomic E-state index is -4.84. The highest BCUT2D eigenvalue weighted by molar-refractivity contribution is 7.99. The van der Waals surface area contributed by atoms with Crippen LogP contribution in [0.4, 0.5) is 22.0 Å². The maximum Gasteiger partial charge on any atom is 0.416 e. The highest BCUT2D eigenvalue weighted by atomic mass is 32.2. The minimum Gasteiger partial charge on any atom is -0.486 e. The van der Waals surface area contributed by atoms with Crippen molar-refractivity contribution in [3.8, 4) is 22.6 Å². The molecule has 38 heavy (non-hydrogen) atoms. The lowest BCUT2D eigenvalue weighted by molar-refractivity contribution is -0.144. The SMILES string of the molecule is COC(=O)C1CSc2c(Cc3c(F)cccc3C(F)(F)F)c(C)c(-c3ccc4c(c3F)OCCO4)c(=O)n21. The second-order valence-electron chi connectivity index (χ2n) is 8.70. The van der Waals surface area contributed by atoms with Crippen molar-refractivity contribution in [3.63, 3.8) is 0 Å². The average Bonchev–Trinajstić information content (AvgIpc) is 3.33. The first-order chi connectivity index (χ1) is 18.0. The molecule has 0 aliphatic carbocycles. The molecular formula is C26H20F5NO5S. The number of alkyl halides is 3. The van der Waals surface area contributed by atoms with Gasteiger partial charge < -0.3 is 14.2 Å². The third-order valence-electron chi connectivity index (χ3n) is 6.60. The van der Waals surface area contributed by atoms with Crippen LogP contribution in [0.3, 0.4) is 0 Å². The van der Waals surface area contributed by atoms with Crippen molar-refractivity contribution in [1.29, 1.82) is 0 Å². The fourth-order valence-electron chi connectivity index (χ4n) is 4.79. The molecule has 0 fully saturated rings. The number of halogens is 5. The van der Waals surface area contributed by atoms with Crippen LogP contribution in [0.5, 0.6) is 11.5 Å². The second-order valence-corrected chi connectivity index (χ2v) is 9.71. The van der Waals surface area contributed by atoms with Crippen molar-refractivity contribution in [2.45, 2.75) is 30.6 Å². The lowest BCUT2D eigenvalue weighted by atomic mass is 9.92. The van der Waals surface area contributed by atoms with E-state index in [1.54, 1.807) is 0 Å². The quantitative estimate of drug-likeness (QED) is 0.323. The molecule has 0 N–H and O–H groups in total. The van der Waals surface area contributed by atoms with Crippen molar-refractivity contribution < 1.29 is 41.0 Å². The van der Waals surface area contributed by atoms with Crippen LogP contribution in [-0.2, 0) is 22.1 Å². The molecule has 5 rings (SSSR count). The molecule has 1 aromatic heterocycles. The first kappa shape index (κ1) is 26.1. The third kappa shape index (κ3) is 4.20. The molecule has 3 aromatic rings. The number of rotatable bonds is 4. The van der Waals surface area contributed by atoms with E-state index in [0.29, 0.717) is 0 Å². The van der Waals surface area contributed by atoms with Gasteiger partial charge in [0.05, 0.1) is 23.3 Å². The van der Waals surface area contributed by atoms with Gasteiger partial charge >= 0.3 is 12.1 Å². The Morgan fingerprint density at radius 1 is 1.13 bits per heavy atom. The summed E-state index contributed by atoms with van der Waals surface area (Å²) in [5, 5.41) is 0.195. The molecule has 2 aliphatic rings. The van der Waals surface area contributed by atoms with Gasteiger partial charge in [-0.05, 0) is 42.3 Å². The molecule has 0 saturated carbocycles. The number of aromatic nitrogens is 1. The van der Waals surface area contributed by atoms with Crippen molar-refractivity contribution in [3.05, 3.63) is 74.6 Å². The van der Waals surface area contributed by atoms with E-state index >= 15 is 4.39 Å². The maximum absolute atomic E-state index is 15.7. The van der Waals surface area contributed by atoms with Crippen LogP contribution in [0, 0.1) is 18.6 Å². The van der Waals surface area contributed by atoms with Crippen LogP contribution in [-0.4, -0.2) is 36.6 Å². The molecule has 1 unspecified atom stereocenters. The first-order valence-electron chi connectivity index (χ1n) is 11.5. The van der Waals surface area contributed by atoms with Crippen molar-refractivity contribution in [2.75, 3.05) is 26.1 Å². The van der Waals surface area contributed by atoms with Gasteiger partial charge in [-0.2, -0.15) is 13.2 Å². The summed E-state index contributed by atoms with van der Waals surface area (Å²) in [6, 6.07) is 4.29. The molecule has 2 aromatic carbocycles. The van der Waals surface area contributed by atoms with Gasteiger partial charge in [-0.3, -0.25) is 9.36 Å². The zero-order chi connectivity index (χ0) is 27.4. The number of fused-ring (bicyclic) bond motifs is 2. The van der Waals surface area contributed by atoms with E-state index in [-0.39, 0.29) is 57.7 Å². The summed E-state index contributed by atoms with van der Waals surface area (Å²) in [5.74, 6) is -2.72. The predicted octanol–water partition coefficient (Wildman–Crippen LogP) is 5.30. The normalized spacial score (nSPS) is 16.3. The molecular weight excluding hydrogens is 533 g/mol. The Kier molecular flexibility index (Phi) is 6.62. The molecule has 2 aliphatic heterocycles. The van der Waals surface area contributed by atoms with Gasteiger partial charge in [-0.25, -0.2) is 13.6 Å². The Morgan fingerprint density at radius 2 is 1.87 bits per heavy atom. The first-order valence-corrected chi connectivity index (χ1v) is 12.4. The maximum atomic E-state index is 15.7. The molecule has 0 radical (unpaired) electrons. The number of hydrogen-bond donors (Lipinski definition) is 0. The van der Waals surface area contributed by atoms with Crippen molar-refractivity contribution in [2.24, 2.45) is 0 Å². The lowest BCUT2D eigenvalue weighted by Gasteiger charge is -2.23. The van der Waals surface area contributed by atoms with E-state index in [4.69, 9.17) is 14.2 Å². The number of esters is 1. The summed E-state index contributed by atoms with van der Waals surface area (Å²) in [5.41, 5.74) is -2.56. The molecule has 0 spiro atoms. The standard InChI is InChI=1S/C26H20F5NO5S/c1-12-14(10-15-16(26(29,30)31)4-3-5-17(15)27)24-32(18(11-38-24)25(34)35-2)23(33)20(12)13-6-7-19-22(21(13)28)37-9-8-36-19/h3-7,18H,8-11H2,1-2H3. The summed E-state index contributed by atoms with van der Waals surface area (Å²) in [7, 11) is 1.14. The van der Waals surface area contributed by atoms with Gasteiger partial charge in [0.1, 0.15) is 25.1 Å². The Hall–Kier alpha value is -3.54.